The minimum Gasteiger partial charge on any atom is -0.415 e. The summed E-state index contributed by atoms with van der Waals surface area (Å²) in [5.41, 5.74) is 1.44. The van der Waals surface area contributed by atoms with Crippen LogP contribution in [0.5, 0.6) is 0 Å². The van der Waals surface area contributed by atoms with Gasteiger partial charge in [-0.3, -0.25) is 14.6 Å². The van der Waals surface area contributed by atoms with Crippen molar-refractivity contribution in [3.05, 3.63) is 79.1 Å². The van der Waals surface area contributed by atoms with Crippen LogP contribution in [0.1, 0.15) is 18.0 Å². The zero-order valence-corrected chi connectivity index (χ0v) is 20.8. The van der Waals surface area contributed by atoms with Gasteiger partial charge in [-0.15, -0.1) is 10.2 Å². The van der Waals surface area contributed by atoms with Gasteiger partial charge in [-0.05, 0) is 37.4 Å². The Morgan fingerprint density at radius 3 is 2.50 bits per heavy atom. The van der Waals surface area contributed by atoms with Gasteiger partial charge in [0.1, 0.15) is 11.4 Å². The molecule has 5 rings (SSSR count). The first-order valence-electron chi connectivity index (χ1n) is 11.2. The van der Waals surface area contributed by atoms with Crippen LogP contribution < -0.4 is 20.7 Å². The Hall–Kier alpha value is -3.51. The van der Waals surface area contributed by atoms with Crippen molar-refractivity contribution in [2.45, 2.75) is 13.0 Å². The summed E-state index contributed by atoms with van der Waals surface area (Å²) >= 11 is 3.47. The number of anilines is 3. The fourth-order valence-corrected chi connectivity index (χ4v) is 4.52. The smallest absolute Gasteiger partial charge is 0.314 e. The van der Waals surface area contributed by atoms with E-state index in [1.165, 1.54) is 6.20 Å². The zero-order chi connectivity index (χ0) is 25.4. The van der Waals surface area contributed by atoms with Crippen molar-refractivity contribution in [1.82, 2.24) is 20.1 Å². The van der Waals surface area contributed by atoms with E-state index in [0.717, 1.165) is 23.2 Å². The highest BCUT2D eigenvalue weighted by Crippen LogP contribution is 2.34. The molecule has 0 bridgehead atoms. The lowest BCUT2D eigenvalue weighted by molar-refractivity contribution is 0.116. The number of piperazine rings is 1. The topological polar surface area (TPSA) is 95.7 Å². The van der Waals surface area contributed by atoms with Crippen LogP contribution in [0.15, 0.2) is 61.1 Å². The number of hydrogen-bond acceptors (Lipinski definition) is 9. The first kappa shape index (κ1) is 24.2. The number of likely N-dealkylation sites (N-methyl/N-ethyl adjacent to an activating group) is 1. The Balaban J connectivity index is 1.47. The van der Waals surface area contributed by atoms with Gasteiger partial charge in [-0.1, -0.05) is 22.0 Å². The summed E-state index contributed by atoms with van der Waals surface area (Å²) in [4.78, 5) is 35.9. The number of alkyl halides is 2. The van der Waals surface area contributed by atoms with Gasteiger partial charge < -0.3 is 19.1 Å². The monoisotopic (exact) mass is 558 g/mol. The SMILES string of the molecule is CN1CCN(c2c(N(Cc3ccc(-c4nnc(C(F)F)o4)cn3)c3cccc(Br)c3)c(=O)c2=O)CC1. The molecule has 1 fully saturated rings. The van der Waals surface area contributed by atoms with Crippen LogP contribution in [0.2, 0.25) is 0 Å². The molecular formula is C24H21BrF2N6O3. The van der Waals surface area contributed by atoms with Crippen molar-refractivity contribution in [3.8, 4) is 11.5 Å². The summed E-state index contributed by atoms with van der Waals surface area (Å²) in [5.74, 6) is -0.820. The molecule has 4 aromatic rings. The molecule has 0 N–H and O–H groups in total. The molecule has 0 radical (unpaired) electrons. The average molecular weight is 559 g/mol. The summed E-state index contributed by atoms with van der Waals surface area (Å²) in [6, 6.07) is 10.8. The van der Waals surface area contributed by atoms with E-state index >= 15 is 0 Å². The summed E-state index contributed by atoms with van der Waals surface area (Å²) in [6.07, 6.45) is -1.41. The van der Waals surface area contributed by atoms with Gasteiger partial charge in [0.2, 0.25) is 5.89 Å². The Labute approximate surface area is 212 Å². The second-order valence-electron chi connectivity index (χ2n) is 8.50. The van der Waals surface area contributed by atoms with Crippen LogP contribution in [0, 0.1) is 0 Å². The highest BCUT2D eigenvalue weighted by atomic mass is 79.9. The zero-order valence-electron chi connectivity index (χ0n) is 19.2. The number of halogens is 3. The predicted molar refractivity (Wildman–Crippen MR) is 134 cm³/mol. The normalized spacial score (nSPS) is 14.6. The highest BCUT2D eigenvalue weighted by molar-refractivity contribution is 9.10. The molecule has 186 valence electrons. The fraction of sp³-hybridized carbons (Fsp3) is 0.292. The van der Waals surface area contributed by atoms with E-state index in [1.807, 2.05) is 36.2 Å². The van der Waals surface area contributed by atoms with Gasteiger partial charge in [0.15, 0.2) is 0 Å². The molecule has 0 saturated carbocycles. The number of nitrogens with zero attached hydrogens (tertiary/aromatic N) is 6. The van der Waals surface area contributed by atoms with Gasteiger partial charge in [-0.25, -0.2) is 0 Å². The molecule has 3 heterocycles. The van der Waals surface area contributed by atoms with Crippen LogP contribution >= 0.6 is 15.9 Å². The van der Waals surface area contributed by atoms with Crippen molar-refractivity contribution in [2.24, 2.45) is 0 Å². The molecule has 2 aromatic heterocycles. The molecule has 36 heavy (non-hydrogen) atoms. The standard InChI is InChI=1S/C24H21BrF2N6O3/c1-31-7-9-32(10-8-31)18-19(21(35)20(18)34)33(17-4-2-3-15(25)11-17)13-16-6-5-14(12-28-16)23-29-30-24(36-23)22(26)27/h2-6,11-12,22H,7-10,13H2,1H3. The largest absolute Gasteiger partial charge is 0.415 e. The maximum absolute atomic E-state index is 12.9. The number of pyridine rings is 1. The van der Waals surface area contributed by atoms with Crippen molar-refractivity contribution in [2.75, 3.05) is 43.0 Å². The minimum atomic E-state index is -2.86. The summed E-state index contributed by atoms with van der Waals surface area (Å²) in [6.45, 7) is 3.09. The first-order valence-corrected chi connectivity index (χ1v) is 12.0. The third kappa shape index (κ3) is 4.65. The van der Waals surface area contributed by atoms with E-state index in [4.69, 9.17) is 4.42 Å². The lowest BCUT2D eigenvalue weighted by Gasteiger charge is -2.37. The molecule has 1 saturated heterocycles. The Bertz CT molecular complexity index is 1440. The average Bonchev–Trinajstić information content (AvgIpc) is 3.38. The predicted octanol–water partition coefficient (Wildman–Crippen LogP) is 3.52. The molecule has 2 aromatic carbocycles. The van der Waals surface area contributed by atoms with Crippen LogP contribution in [-0.4, -0.2) is 53.3 Å². The molecule has 0 spiro atoms. The molecule has 9 nitrogen and oxygen atoms in total. The van der Waals surface area contributed by atoms with Crippen molar-refractivity contribution < 1.29 is 13.2 Å². The van der Waals surface area contributed by atoms with E-state index in [9.17, 15) is 18.4 Å². The van der Waals surface area contributed by atoms with E-state index in [1.54, 1.807) is 17.0 Å². The molecule has 0 amide bonds. The third-order valence-corrected chi connectivity index (χ3v) is 6.58. The number of aromatic nitrogens is 3. The second kappa shape index (κ2) is 9.86. The van der Waals surface area contributed by atoms with E-state index < -0.39 is 23.2 Å². The molecule has 0 unspecified atom stereocenters. The maximum Gasteiger partial charge on any atom is 0.314 e. The molecular weight excluding hydrogens is 538 g/mol. The number of benzene rings is 1. The van der Waals surface area contributed by atoms with Crippen LogP contribution in [0.3, 0.4) is 0 Å². The fourth-order valence-electron chi connectivity index (χ4n) is 4.13. The molecule has 0 aliphatic carbocycles. The highest BCUT2D eigenvalue weighted by Gasteiger charge is 2.32. The van der Waals surface area contributed by atoms with Gasteiger partial charge in [0.05, 0.1) is 17.8 Å². The minimum absolute atomic E-state index is 0.0620. The Morgan fingerprint density at radius 2 is 1.86 bits per heavy atom. The van der Waals surface area contributed by atoms with Gasteiger partial charge in [0.25, 0.3) is 16.7 Å². The van der Waals surface area contributed by atoms with Crippen molar-refractivity contribution in [3.63, 3.8) is 0 Å². The number of rotatable bonds is 7. The van der Waals surface area contributed by atoms with Crippen molar-refractivity contribution >= 4 is 33.0 Å². The summed E-state index contributed by atoms with van der Waals surface area (Å²) < 4.78 is 31.3. The summed E-state index contributed by atoms with van der Waals surface area (Å²) in [5, 5.41) is 6.98. The third-order valence-electron chi connectivity index (χ3n) is 6.09. The lowest BCUT2D eigenvalue weighted by atomic mass is 10.1. The second-order valence-corrected chi connectivity index (χ2v) is 9.41. The quantitative estimate of drug-likeness (QED) is 0.315. The molecule has 12 heteroatoms. The van der Waals surface area contributed by atoms with E-state index in [2.05, 4.69) is 36.0 Å². The van der Waals surface area contributed by atoms with Gasteiger partial charge in [0, 0.05) is 42.5 Å². The van der Waals surface area contributed by atoms with Crippen LogP contribution in [0.25, 0.3) is 11.5 Å². The van der Waals surface area contributed by atoms with Crippen LogP contribution in [-0.2, 0) is 6.54 Å². The van der Waals surface area contributed by atoms with E-state index in [-0.39, 0.29) is 12.4 Å². The summed E-state index contributed by atoms with van der Waals surface area (Å²) in [7, 11) is 2.02. The molecule has 1 aliphatic rings. The molecule has 0 atom stereocenters. The first-order chi connectivity index (χ1) is 17.3. The van der Waals surface area contributed by atoms with E-state index in [0.29, 0.717) is 35.7 Å². The number of hydrogen-bond donors (Lipinski definition) is 0. The Morgan fingerprint density at radius 1 is 1.08 bits per heavy atom. The van der Waals surface area contributed by atoms with Gasteiger partial charge in [-0.2, -0.15) is 8.78 Å². The Kier molecular flexibility index (Phi) is 6.63. The van der Waals surface area contributed by atoms with Crippen molar-refractivity contribution in [1.29, 1.82) is 0 Å². The lowest BCUT2D eigenvalue weighted by Crippen LogP contribution is -2.51. The molecule has 1 aliphatic heterocycles. The van der Waals surface area contributed by atoms with Gasteiger partial charge >= 0.3 is 6.43 Å². The van der Waals surface area contributed by atoms with Crippen LogP contribution in [0.4, 0.5) is 25.8 Å². The maximum atomic E-state index is 12.9.